The van der Waals surface area contributed by atoms with Crippen molar-refractivity contribution in [3.63, 3.8) is 0 Å². The van der Waals surface area contributed by atoms with E-state index in [2.05, 4.69) is 33.2 Å². The predicted octanol–water partition coefficient (Wildman–Crippen LogP) is 3.62. The Hall–Kier alpha value is -1.80. The zero-order valence-electron chi connectivity index (χ0n) is 11.7. The third-order valence-corrected chi connectivity index (χ3v) is 4.02. The summed E-state index contributed by atoms with van der Waals surface area (Å²) in [5, 5.41) is 5.71. The lowest BCUT2D eigenvalue weighted by atomic mass is 10.1. The molecule has 22 heavy (non-hydrogen) atoms. The molecule has 1 amide bonds. The van der Waals surface area contributed by atoms with Crippen LogP contribution in [0.25, 0.3) is 0 Å². The lowest BCUT2D eigenvalue weighted by Gasteiger charge is -2.11. The van der Waals surface area contributed by atoms with Crippen LogP contribution in [-0.4, -0.2) is 16.8 Å². The summed E-state index contributed by atoms with van der Waals surface area (Å²) < 4.78 is 0.846. The van der Waals surface area contributed by atoms with Gasteiger partial charge < -0.3 is 5.32 Å². The molecule has 6 heteroatoms. The fourth-order valence-electron chi connectivity index (χ4n) is 1.79. The van der Waals surface area contributed by atoms with E-state index in [0.29, 0.717) is 16.8 Å². The molecule has 112 valence electrons. The van der Waals surface area contributed by atoms with Crippen molar-refractivity contribution in [2.75, 3.05) is 5.32 Å². The van der Waals surface area contributed by atoms with Gasteiger partial charge >= 0.3 is 0 Å². The summed E-state index contributed by atoms with van der Waals surface area (Å²) in [4.78, 5) is 23.5. The third-order valence-electron chi connectivity index (χ3n) is 2.87. The van der Waals surface area contributed by atoms with E-state index in [1.54, 1.807) is 36.4 Å². The van der Waals surface area contributed by atoms with Crippen molar-refractivity contribution in [2.45, 2.75) is 6.92 Å². The van der Waals surface area contributed by atoms with Crippen LogP contribution >= 0.6 is 34.8 Å². The molecule has 0 aliphatic rings. The molecule has 0 heterocycles. The molecule has 0 fully saturated rings. The third kappa shape index (κ3) is 4.35. The van der Waals surface area contributed by atoms with Crippen molar-refractivity contribution >= 4 is 57.3 Å². The second-order valence-corrected chi connectivity index (χ2v) is 6.10. The van der Waals surface area contributed by atoms with Crippen molar-refractivity contribution in [3.8, 4) is 0 Å². The molecule has 0 saturated heterocycles. The average molecular weight is 424 g/mol. The first-order valence-corrected chi connectivity index (χ1v) is 7.94. The first-order valence-electron chi connectivity index (χ1n) is 6.45. The number of anilines is 1. The Bertz CT molecular complexity index is 746. The van der Waals surface area contributed by atoms with Gasteiger partial charge in [0.05, 0.1) is 5.56 Å². The molecular formula is C16H13IN2O2S. The normalized spacial score (nSPS) is 9.91. The zero-order chi connectivity index (χ0) is 16.1. The van der Waals surface area contributed by atoms with Crippen LogP contribution in [0.15, 0.2) is 48.5 Å². The highest BCUT2D eigenvalue weighted by atomic mass is 127. The molecule has 2 N–H and O–H groups in total. The topological polar surface area (TPSA) is 58.2 Å². The molecule has 0 aromatic heterocycles. The Morgan fingerprint density at radius 1 is 1.09 bits per heavy atom. The zero-order valence-corrected chi connectivity index (χ0v) is 14.7. The molecule has 0 spiro atoms. The number of thiocarbonyl (C=S) groups is 1. The standard InChI is InChI=1S/C16H13IN2O2S/c1-10(20)11-5-4-6-12(9-11)18-16(22)19-15(21)13-7-2-3-8-14(13)17/h2-9H,1H3,(H2,18,19,21,22). The van der Waals surface area contributed by atoms with Gasteiger partial charge in [-0.15, -0.1) is 0 Å². The minimum atomic E-state index is -0.273. The van der Waals surface area contributed by atoms with Crippen molar-refractivity contribution in [1.82, 2.24) is 5.32 Å². The summed E-state index contributed by atoms with van der Waals surface area (Å²) >= 11 is 7.23. The first kappa shape index (κ1) is 16.6. The molecule has 0 aliphatic heterocycles. The summed E-state index contributed by atoms with van der Waals surface area (Å²) in [5.41, 5.74) is 1.79. The maximum absolute atomic E-state index is 12.1. The fourth-order valence-corrected chi connectivity index (χ4v) is 2.64. The number of carbonyl (C=O) groups excluding carboxylic acids is 2. The van der Waals surface area contributed by atoms with Gasteiger partial charge in [0.15, 0.2) is 10.9 Å². The number of Topliss-reactive ketones (excluding diaryl/α,β-unsaturated/α-hetero) is 1. The Labute approximate surface area is 147 Å². The van der Waals surface area contributed by atoms with E-state index in [4.69, 9.17) is 12.2 Å². The highest BCUT2D eigenvalue weighted by Crippen LogP contribution is 2.13. The summed E-state index contributed by atoms with van der Waals surface area (Å²) in [6, 6.07) is 14.2. The highest BCUT2D eigenvalue weighted by Gasteiger charge is 2.11. The number of rotatable bonds is 3. The van der Waals surface area contributed by atoms with Gasteiger partial charge in [0.2, 0.25) is 0 Å². The van der Waals surface area contributed by atoms with E-state index in [9.17, 15) is 9.59 Å². The molecule has 0 aliphatic carbocycles. The molecule has 0 atom stereocenters. The molecule has 0 unspecified atom stereocenters. The summed E-state index contributed by atoms with van der Waals surface area (Å²) in [7, 11) is 0. The number of nitrogens with one attached hydrogen (secondary N) is 2. The van der Waals surface area contributed by atoms with Crippen molar-refractivity contribution in [3.05, 3.63) is 63.2 Å². The van der Waals surface area contributed by atoms with Crippen LogP contribution in [-0.2, 0) is 0 Å². The molecule has 0 saturated carbocycles. The van der Waals surface area contributed by atoms with Crippen LogP contribution in [0.4, 0.5) is 5.69 Å². The Kier molecular flexibility index (Phi) is 5.62. The largest absolute Gasteiger partial charge is 0.332 e. The van der Waals surface area contributed by atoms with Gasteiger partial charge in [-0.1, -0.05) is 24.3 Å². The van der Waals surface area contributed by atoms with Crippen LogP contribution in [0.1, 0.15) is 27.6 Å². The van der Waals surface area contributed by atoms with E-state index >= 15 is 0 Å². The number of carbonyl (C=O) groups is 2. The Balaban J connectivity index is 2.04. The molecule has 2 aromatic carbocycles. The second kappa shape index (κ2) is 7.46. The van der Waals surface area contributed by atoms with Crippen LogP contribution in [0, 0.1) is 3.57 Å². The Morgan fingerprint density at radius 2 is 1.82 bits per heavy atom. The summed E-state index contributed by atoms with van der Waals surface area (Å²) in [6.07, 6.45) is 0. The second-order valence-electron chi connectivity index (χ2n) is 4.53. The minimum absolute atomic E-state index is 0.0301. The number of hydrogen-bond donors (Lipinski definition) is 2. The van der Waals surface area contributed by atoms with Crippen LogP contribution in [0.2, 0.25) is 0 Å². The molecule has 0 bridgehead atoms. The summed E-state index contributed by atoms with van der Waals surface area (Å²) in [6.45, 7) is 1.50. The Morgan fingerprint density at radius 3 is 2.50 bits per heavy atom. The number of hydrogen-bond acceptors (Lipinski definition) is 3. The maximum atomic E-state index is 12.1. The number of benzene rings is 2. The van der Waals surface area contributed by atoms with Gasteiger partial charge in [-0.25, -0.2) is 0 Å². The average Bonchev–Trinajstić information content (AvgIpc) is 2.47. The van der Waals surface area contributed by atoms with Gasteiger partial charge in [-0.05, 0) is 66.0 Å². The van der Waals surface area contributed by atoms with Gasteiger partial charge in [0.1, 0.15) is 0 Å². The van der Waals surface area contributed by atoms with E-state index in [1.165, 1.54) is 6.92 Å². The fraction of sp³-hybridized carbons (Fsp3) is 0.0625. The number of ketones is 1. The van der Waals surface area contributed by atoms with E-state index in [1.807, 2.05) is 12.1 Å². The van der Waals surface area contributed by atoms with E-state index in [0.717, 1.165) is 3.57 Å². The monoisotopic (exact) mass is 424 g/mol. The van der Waals surface area contributed by atoms with E-state index < -0.39 is 0 Å². The first-order chi connectivity index (χ1) is 10.5. The van der Waals surface area contributed by atoms with Crippen molar-refractivity contribution < 1.29 is 9.59 Å². The van der Waals surface area contributed by atoms with Crippen LogP contribution in [0.3, 0.4) is 0 Å². The maximum Gasteiger partial charge on any atom is 0.258 e. The van der Waals surface area contributed by atoms with Gasteiger partial charge in [0.25, 0.3) is 5.91 Å². The van der Waals surface area contributed by atoms with E-state index in [-0.39, 0.29) is 16.8 Å². The van der Waals surface area contributed by atoms with Crippen LogP contribution in [0.5, 0.6) is 0 Å². The molecule has 2 rings (SSSR count). The number of amides is 1. The quantitative estimate of drug-likeness (QED) is 0.449. The predicted molar refractivity (Wildman–Crippen MR) is 99.3 cm³/mol. The van der Waals surface area contributed by atoms with Crippen molar-refractivity contribution in [2.24, 2.45) is 0 Å². The number of halogens is 1. The molecular weight excluding hydrogens is 411 g/mol. The molecule has 2 aromatic rings. The van der Waals surface area contributed by atoms with Gasteiger partial charge in [0, 0.05) is 14.8 Å². The van der Waals surface area contributed by atoms with Crippen molar-refractivity contribution in [1.29, 1.82) is 0 Å². The highest BCUT2D eigenvalue weighted by molar-refractivity contribution is 14.1. The summed E-state index contributed by atoms with van der Waals surface area (Å²) in [5.74, 6) is -0.303. The molecule has 4 nitrogen and oxygen atoms in total. The van der Waals surface area contributed by atoms with Gasteiger partial charge in [-0.3, -0.25) is 14.9 Å². The lowest BCUT2D eigenvalue weighted by molar-refractivity contribution is 0.0975. The smallest absolute Gasteiger partial charge is 0.258 e. The SMILES string of the molecule is CC(=O)c1cccc(NC(=S)NC(=O)c2ccccc2I)c1. The minimum Gasteiger partial charge on any atom is -0.332 e. The van der Waals surface area contributed by atoms with Gasteiger partial charge in [-0.2, -0.15) is 0 Å². The van der Waals surface area contributed by atoms with Crippen LogP contribution < -0.4 is 10.6 Å². The lowest BCUT2D eigenvalue weighted by Crippen LogP contribution is -2.34. The molecule has 0 radical (unpaired) electrons.